The van der Waals surface area contributed by atoms with Crippen LogP contribution in [-0.2, 0) is 30.6 Å². The van der Waals surface area contributed by atoms with Gasteiger partial charge in [0.15, 0.2) is 0 Å². The predicted octanol–water partition coefficient (Wildman–Crippen LogP) is -0.377. The molecule has 6 heavy (non-hydrogen) atoms. The van der Waals surface area contributed by atoms with Crippen LogP contribution in [0.15, 0.2) is 0 Å². The summed E-state index contributed by atoms with van der Waals surface area (Å²) in [6.07, 6.45) is 0. The number of rotatable bonds is 2. The first-order chi connectivity index (χ1) is 2.41. The molecule has 0 aromatic rings. The van der Waals surface area contributed by atoms with Crippen LogP contribution in [0.1, 0.15) is 0 Å². The summed E-state index contributed by atoms with van der Waals surface area (Å²) >= 11 is 0. The van der Waals surface area contributed by atoms with E-state index in [2.05, 4.69) is 4.74 Å². The fourth-order valence-corrected chi connectivity index (χ4v) is 0.0913. The molecule has 0 bridgehead atoms. The summed E-state index contributed by atoms with van der Waals surface area (Å²) < 4.78 is 4.44. The van der Waals surface area contributed by atoms with Gasteiger partial charge in [-0.05, 0) is 0 Å². The Labute approximate surface area is 56.3 Å². The van der Waals surface area contributed by atoms with Crippen LogP contribution in [0.5, 0.6) is 0 Å². The molecule has 0 aromatic heterocycles. The van der Waals surface area contributed by atoms with Gasteiger partial charge in [-0.25, -0.2) is 0 Å². The van der Waals surface area contributed by atoms with E-state index in [0.717, 1.165) is 0 Å². The molecule has 0 unspecified atom stereocenters. The van der Waals surface area contributed by atoms with Gasteiger partial charge < -0.3 is 9.84 Å². The Morgan fingerprint density at radius 2 is 2.17 bits per heavy atom. The summed E-state index contributed by atoms with van der Waals surface area (Å²) in [5, 5.41) is 7.94. The summed E-state index contributed by atoms with van der Waals surface area (Å²) in [5.74, 6) is 0. The summed E-state index contributed by atoms with van der Waals surface area (Å²) in [7, 11) is 1.55. The number of aliphatic hydroxyl groups is 1. The van der Waals surface area contributed by atoms with Gasteiger partial charge in [-0.2, -0.15) is 0 Å². The quantitative estimate of drug-likeness (QED) is 0.681. The minimum absolute atomic E-state index is 0. The van der Waals surface area contributed by atoms with Gasteiger partial charge in [0, 0.05) is 33.0 Å². The zero-order chi connectivity index (χ0) is 4.12. The number of hydrogen-bond acceptors (Lipinski definition) is 2. The largest absolute Gasteiger partial charge is 0.394 e. The van der Waals surface area contributed by atoms with Crippen molar-refractivity contribution in [2.45, 2.75) is 0 Å². The molecule has 0 radical (unpaired) electrons. The maximum absolute atomic E-state index is 7.94. The first kappa shape index (κ1) is 9.92. The Hall–Kier alpha value is 0.790. The molecule has 36 valence electrons. The van der Waals surface area contributed by atoms with E-state index in [1.54, 1.807) is 7.11 Å². The normalized spacial score (nSPS) is 7.00. The molecule has 0 aromatic carbocycles. The Balaban J connectivity index is 0. The van der Waals surface area contributed by atoms with Crippen molar-refractivity contribution < 1.29 is 35.7 Å². The topological polar surface area (TPSA) is 29.5 Å². The number of hydrogen-bond donors (Lipinski definition) is 1. The first-order valence-corrected chi connectivity index (χ1v) is 1.51. The van der Waals surface area contributed by atoms with Gasteiger partial charge in [-0.3, -0.25) is 0 Å². The number of methoxy groups -OCH3 is 1. The Bertz CT molecular complexity index is 16.3. The van der Waals surface area contributed by atoms with E-state index >= 15 is 0 Å². The van der Waals surface area contributed by atoms with E-state index in [1.807, 2.05) is 0 Å². The van der Waals surface area contributed by atoms with Gasteiger partial charge >= 0.3 is 0 Å². The number of ether oxygens (including phenoxy) is 1. The van der Waals surface area contributed by atoms with E-state index in [9.17, 15) is 0 Å². The molecule has 0 spiro atoms. The molecule has 0 aliphatic rings. The average molecular weight is 255 g/mol. The minimum atomic E-state index is 0. The third-order valence-electron chi connectivity index (χ3n) is 0.295. The molecule has 1 N–H and O–H groups in total. The van der Waals surface area contributed by atoms with E-state index in [0.29, 0.717) is 6.61 Å². The van der Waals surface area contributed by atoms with Crippen molar-refractivity contribution in [3.8, 4) is 0 Å². The predicted molar refractivity (Wildman–Crippen MR) is 19.0 cm³/mol. The molecule has 0 aliphatic heterocycles. The maximum Gasteiger partial charge on any atom is 0.0693 e. The van der Waals surface area contributed by atoms with Crippen molar-refractivity contribution in [3.05, 3.63) is 0 Å². The molecule has 0 saturated carbocycles. The summed E-state index contributed by atoms with van der Waals surface area (Å²) in [4.78, 5) is 0. The van der Waals surface area contributed by atoms with Crippen LogP contribution in [0.4, 0.5) is 0 Å². The van der Waals surface area contributed by atoms with Crippen LogP contribution < -0.4 is 0 Å². The van der Waals surface area contributed by atoms with Crippen molar-refractivity contribution in [1.82, 2.24) is 0 Å². The van der Waals surface area contributed by atoms with Crippen LogP contribution in [0, 0.1) is 0 Å². The molecular formula is C3H8HfO2. The van der Waals surface area contributed by atoms with Gasteiger partial charge in [0.1, 0.15) is 0 Å². The molecule has 0 fully saturated rings. The Kier molecular flexibility index (Phi) is 15.3. The maximum atomic E-state index is 7.94. The Morgan fingerprint density at radius 1 is 1.67 bits per heavy atom. The van der Waals surface area contributed by atoms with Crippen LogP contribution in [0.25, 0.3) is 0 Å². The van der Waals surface area contributed by atoms with Crippen molar-refractivity contribution in [2.75, 3.05) is 20.3 Å². The second-order valence-electron chi connectivity index (χ2n) is 0.716. The summed E-state index contributed by atoms with van der Waals surface area (Å²) in [6.45, 7) is 0.566. The monoisotopic (exact) mass is 256 g/mol. The molecule has 0 rings (SSSR count). The minimum Gasteiger partial charge on any atom is -0.394 e. The fraction of sp³-hybridized carbons (Fsp3) is 1.00. The van der Waals surface area contributed by atoms with Crippen LogP contribution in [-0.4, -0.2) is 25.4 Å². The molecule has 0 aliphatic carbocycles. The van der Waals surface area contributed by atoms with E-state index in [1.165, 1.54) is 0 Å². The average Bonchev–Trinajstić information content (AvgIpc) is 1.41. The molecule has 0 amide bonds. The van der Waals surface area contributed by atoms with Crippen LogP contribution in [0.3, 0.4) is 0 Å². The first-order valence-electron chi connectivity index (χ1n) is 1.51. The smallest absolute Gasteiger partial charge is 0.0693 e. The van der Waals surface area contributed by atoms with Gasteiger partial charge in [0.2, 0.25) is 0 Å². The van der Waals surface area contributed by atoms with Crippen LogP contribution in [0.2, 0.25) is 0 Å². The van der Waals surface area contributed by atoms with Gasteiger partial charge in [-0.15, -0.1) is 0 Å². The Morgan fingerprint density at radius 3 is 2.17 bits per heavy atom. The second kappa shape index (κ2) is 9.25. The molecule has 3 heteroatoms. The third-order valence-corrected chi connectivity index (χ3v) is 0.295. The zero-order valence-corrected chi connectivity index (χ0v) is 7.36. The second-order valence-corrected chi connectivity index (χ2v) is 0.716. The molecule has 0 atom stereocenters. The van der Waals surface area contributed by atoms with Gasteiger partial charge in [0.25, 0.3) is 0 Å². The zero-order valence-electron chi connectivity index (χ0n) is 3.77. The van der Waals surface area contributed by atoms with E-state index in [-0.39, 0.29) is 32.5 Å². The molecular weight excluding hydrogens is 247 g/mol. The van der Waals surface area contributed by atoms with E-state index in [4.69, 9.17) is 5.11 Å². The third kappa shape index (κ3) is 8.84. The standard InChI is InChI=1S/C3H8O2.Hf/c1-5-3-2-4;/h4H,2-3H2,1H3;. The number of aliphatic hydroxyl groups excluding tert-OH is 1. The van der Waals surface area contributed by atoms with Crippen LogP contribution >= 0.6 is 0 Å². The van der Waals surface area contributed by atoms with Crippen molar-refractivity contribution in [3.63, 3.8) is 0 Å². The van der Waals surface area contributed by atoms with Crippen molar-refractivity contribution in [1.29, 1.82) is 0 Å². The SMILES string of the molecule is COCCO.[Hf]. The molecule has 0 heterocycles. The van der Waals surface area contributed by atoms with Gasteiger partial charge in [0.05, 0.1) is 13.2 Å². The molecule has 0 saturated heterocycles. The fourth-order valence-electron chi connectivity index (χ4n) is 0.0913. The molecule has 2 nitrogen and oxygen atoms in total. The van der Waals surface area contributed by atoms with Gasteiger partial charge in [-0.1, -0.05) is 0 Å². The van der Waals surface area contributed by atoms with Crippen molar-refractivity contribution in [2.24, 2.45) is 0 Å². The summed E-state index contributed by atoms with van der Waals surface area (Å²) in [6, 6.07) is 0. The van der Waals surface area contributed by atoms with E-state index < -0.39 is 0 Å². The van der Waals surface area contributed by atoms with Crippen molar-refractivity contribution >= 4 is 0 Å². The summed E-state index contributed by atoms with van der Waals surface area (Å²) in [5.41, 5.74) is 0.